The van der Waals surface area contributed by atoms with Gasteiger partial charge in [-0.1, -0.05) is 12.8 Å². The van der Waals surface area contributed by atoms with Crippen LogP contribution < -0.4 is 15.8 Å². The molecule has 1 aromatic carbocycles. The van der Waals surface area contributed by atoms with Crippen molar-refractivity contribution in [3.8, 4) is 5.75 Å². The van der Waals surface area contributed by atoms with E-state index in [9.17, 15) is 4.79 Å². The summed E-state index contributed by atoms with van der Waals surface area (Å²) < 4.78 is 10.8. The van der Waals surface area contributed by atoms with E-state index >= 15 is 0 Å². The average molecular weight is 278 g/mol. The van der Waals surface area contributed by atoms with E-state index in [1.54, 1.807) is 25.3 Å². The molecule has 20 heavy (non-hydrogen) atoms. The minimum Gasteiger partial charge on any atom is -0.497 e. The van der Waals surface area contributed by atoms with Crippen molar-refractivity contribution in [2.45, 2.75) is 31.8 Å². The maximum Gasteiger partial charge on any atom is 0.251 e. The lowest BCUT2D eigenvalue weighted by Crippen LogP contribution is -2.28. The van der Waals surface area contributed by atoms with Crippen LogP contribution in [0.15, 0.2) is 18.2 Å². The Morgan fingerprint density at radius 1 is 1.35 bits per heavy atom. The Labute approximate surface area is 119 Å². The Morgan fingerprint density at radius 2 is 2.10 bits per heavy atom. The number of ether oxygens (including phenoxy) is 2. The molecule has 0 unspecified atom stereocenters. The summed E-state index contributed by atoms with van der Waals surface area (Å²) in [7, 11) is 1.55. The summed E-state index contributed by atoms with van der Waals surface area (Å²) in [6.07, 6.45) is 5.15. The van der Waals surface area contributed by atoms with Crippen LogP contribution in [0.4, 0.5) is 5.69 Å². The van der Waals surface area contributed by atoms with Gasteiger partial charge in [-0.15, -0.1) is 0 Å². The molecule has 1 amide bonds. The van der Waals surface area contributed by atoms with Gasteiger partial charge < -0.3 is 20.5 Å². The number of hydrogen-bond acceptors (Lipinski definition) is 4. The minimum absolute atomic E-state index is 0.161. The fraction of sp³-hybridized carbons (Fsp3) is 0.533. The van der Waals surface area contributed by atoms with Gasteiger partial charge >= 0.3 is 0 Å². The molecule has 2 rings (SSSR count). The largest absolute Gasteiger partial charge is 0.497 e. The number of nitrogens with one attached hydrogen (secondary N) is 1. The first kappa shape index (κ1) is 14.7. The van der Waals surface area contributed by atoms with Gasteiger partial charge in [-0.25, -0.2) is 0 Å². The monoisotopic (exact) mass is 278 g/mol. The zero-order valence-electron chi connectivity index (χ0n) is 11.9. The molecule has 0 aliphatic heterocycles. The quantitative estimate of drug-likeness (QED) is 0.616. The fourth-order valence-corrected chi connectivity index (χ4v) is 2.42. The van der Waals surface area contributed by atoms with E-state index in [0.717, 1.165) is 12.8 Å². The lowest BCUT2D eigenvalue weighted by Gasteiger charge is -2.12. The van der Waals surface area contributed by atoms with E-state index in [4.69, 9.17) is 15.2 Å². The van der Waals surface area contributed by atoms with Gasteiger partial charge in [0.25, 0.3) is 5.91 Å². The molecule has 110 valence electrons. The Hall–Kier alpha value is -1.75. The summed E-state index contributed by atoms with van der Waals surface area (Å²) in [6, 6.07) is 4.99. The molecule has 0 spiro atoms. The first-order valence-corrected chi connectivity index (χ1v) is 7.03. The lowest BCUT2D eigenvalue weighted by molar-refractivity contribution is 0.0582. The highest BCUT2D eigenvalue weighted by Gasteiger charge is 2.15. The molecule has 3 N–H and O–H groups in total. The van der Waals surface area contributed by atoms with Gasteiger partial charge in [0.15, 0.2) is 0 Å². The number of nitrogens with two attached hydrogens (primary N) is 1. The summed E-state index contributed by atoms with van der Waals surface area (Å²) in [5.41, 5.74) is 6.74. The normalized spacial score (nSPS) is 15.2. The highest BCUT2D eigenvalue weighted by molar-refractivity contribution is 5.95. The van der Waals surface area contributed by atoms with Crippen molar-refractivity contribution >= 4 is 11.6 Å². The maximum absolute atomic E-state index is 12.0. The number of amides is 1. The summed E-state index contributed by atoms with van der Waals surface area (Å²) >= 11 is 0. The molecule has 0 saturated heterocycles. The second-order valence-corrected chi connectivity index (χ2v) is 5.03. The number of nitrogen functional groups attached to an aromatic ring is 1. The molecule has 1 aliphatic carbocycles. The molecule has 5 heteroatoms. The van der Waals surface area contributed by atoms with E-state index in [0.29, 0.717) is 36.3 Å². The predicted octanol–water partition coefficient (Wildman–Crippen LogP) is 1.97. The minimum atomic E-state index is -0.161. The second-order valence-electron chi connectivity index (χ2n) is 5.03. The van der Waals surface area contributed by atoms with Gasteiger partial charge in [0.2, 0.25) is 0 Å². The Kier molecular flexibility index (Phi) is 5.24. The zero-order valence-corrected chi connectivity index (χ0v) is 11.9. The van der Waals surface area contributed by atoms with E-state index in [-0.39, 0.29) is 5.91 Å². The highest BCUT2D eigenvalue weighted by atomic mass is 16.5. The molecule has 0 radical (unpaired) electrons. The van der Waals surface area contributed by atoms with Crippen molar-refractivity contribution < 1.29 is 14.3 Å². The number of hydrogen-bond donors (Lipinski definition) is 2. The standard InChI is InChI=1S/C15H22N2O3/c1-19-14-9-11(8-12(16)10-14)15(18)17-6-7-20-13-4-2-3-5-13/h8-10,13H,2-7,16H2,1H3,(H,17,18). The van der Waals surface area contributed by atoms with Crippen LogP contribution >= 0.6 is 0 Å². The van der Waals surface area contributed by atoms with Gasteiger partial charge in [-0.3, -0.25) is 4.79 Å². The van der Waals surface area contributed by atoms with Crippen molar-refractivity contribution in [1.82, 2.24) is 5.32 Å². The average Bonchev–Trinajstić information content (AvgIpc) is 2.95. The van der Waals surface area contributed by atoms with E-state index < -0.39 is 0 Å². The molecule has 0 aromatic heterocycles. The number of carbonyl (C=O) groups excluding carboxylic acids is 1. The van der Waals surface area contributed by atoms with Gasteiger partial charge in [0.1, 0.15) is 5.75 Å². The van der Waals surface area contributed by atoms with Crippen molar-refractivity contribution in [1.29, 1.82) is 0 Å². The maximum atomic E-state index is 12.0. The van der Waals surface area contributed by atoms with E-state index in [2.05, 4.69) is 5.32 Å². The highest BCUT2D eigenvalue weighted by Crippen LogP contribution is 2.20. The van der Waals surface area contributed by atoms with Crippen LogP contribution in [0, 0.1) is 0 Å². The number of rotatable bonds is 6. The molecule has 0 atom stereocenters. The summed E-state index contributed by atoms with van der Waals surface area (Å²) in [6.45, 7) is 1.06. The molecule has 1 fully saturated rings. The van der Waals surface area contributed by atoms with Gasteiger partial charge in [-0.05, 0) is 25.0 Å². The molecule has 0 bridgehead atoms. The van der Waals surface area contributed by atoms with Crippen molar-refractivity contribution in [2.24, 2.45) is 0 Å². The summed E-state index contributed by atoms with van der Waals surface area (Å²) in [5, 5.41) is 2.83. The third kappa shape index (κ3) is 4.13. The van der Waals surface area contributed by atoms with Crippen molar-refractivity contribution in [2.75, 3.05) is 26.0 Å². The van der Waals surface area contributed by atoms with Gasteiger partial charge in [-0.2, -0.15) is 0 Å². The summed E-state index contributed by atoms with van der Waals surface area (Å²) in [5.74, 6) is 0.419. The predicted molar refractivity (Wildman–Crippen MR) is 77.9 cm³/mol. The van der Waals surface area contributed by atoms with Crippen LogP contribution in [-0.2, 0) is 4.74 Å². The Bertz CT molecular complexity index is 456. The molecular formula is C15H22N2O3. The number of carbonyl (C=O) groups is 1. The first-order valence-electron chi connectivity index (χ1n) is 7.03. The van der Waals surface area contributed by atoms with Crippen molar-refractivity contribution in [3.63, 3.8) is 0 Å². The van der Waals surface area contributed by atoms with Crippen LogP contribution in [0.1, 0.15) is 36.0 Å². The van der Waals surface area contributed by atoms with Crippen LogP contribution in [0.5, 0.6) is 5.75 Å². The second kappa shape index (κ2) is 7.14. The molecular weight excluding hydrogens is 256 g/mol. The van der Waals surface area contributed by atoms with E-state index in [1.165, 1.54) is 12.8 Å². The van der Waals surface area contributed by atoms with E-state index in [1.807, 2.05) is 0 Å². The number of anilines is 1. The molecule has 1 aromatic rings. The Balaban J connectivity index is 1.77. The number of methoxy groups -OCH3 is 1. The van der Waals surface area contributed by atoms with Crippen LogP contribution in [0.25, 0.3) is 0 Å². The Morgan fingerprint density at radius 3 is 2.80 bits per heavy atom. The van der Waals surface area contributed by atoms with Crippen LogP contribution in [-0.4, -0.2) is 32.3 Å². The smallest absolute Gasteiger partial charge is 0.251 e. The van der Waals surface area contributed by atoms with Crippen LogP contribution in [0.3, 0.4) is 0 Å². The lowest BCUT2D eigenvalue weighted by atomic mass is 10.2. The number of benzene rings is 1. The van der Waals surface area contributed by atoms with Crippen molar-refractivity contribution in [3.05, 3.63) is 23.8 Å². The van der Waals surface area contributed by atoms with Gasteiger partial charge in [0.05, 0.1) is 19.8 Å². The van der Waals surface area contributed by atoms with Crippen LogP contribution in [0.2, 0.25) is 0 Å². The summed E-state index contributed by atoms with van der Waals surface area (Å²) in [4.78, 5) is 12.0. The molecule has 0 heterocycles. The first-order chi connectivity index (χ1) is 9.69. The third-order valence-electron chi connectivity index (χ3n) is 3.47. The molecule has 1 aliphatic rings. The zero-order chi connectivity index (χ0) is 14.4. The topological polar surface area (TPSA) is 73.6 Å². The fourth-order valence-electron chi connectivity index (χ4n) is 2.42. The molecule has 1 saturated carbocycles. The molecule has 5 nitrogen and oxygen atoms in total. The van der Waals surface area contributed by atoms with Gasteiger partial charge in [0, 0.05) is 23.9 Å². The SMILES string of the molecule is COc1cc(N)cc(C(=O)NCCOC2CCCC2)c1. The third-order valence-corrected chi connectivity index (χ3v) is 3.47.